The molecule has 170 valence electrons. The minimum absolute atomic E-state index is 0.0908. The summed E-state index contributed by atoms with van der Waals surface area (Å²) in [5.74, 6) is 0.184. The fourth-order valence-corrected chi connectivity index (χ4v) is 4.80. The molecular formula is C25H20F3NO2S2. The third-order valence-corrected chi connectivity index (χ3v) is 6.49. The molecule has 0 radical (unpaired) electrons. The van der Waals surface area contributed by atoms with Crippen molar-refractivity contribution >= 4 is 56.7 Å². The molecule has 3 aromatic carbocycles. The van der Waals surface area contributed by atoms with Crippen LogP contribution in [0.2, 0.25) is 0 Å². The van der Waals surface area contributed by atoms with Crippen LogP contribution in [0.1, 0.15) is 30.9 Å². The van der Waals surface area contributed by atoms with E-state index in [-0.39, 0.29) is 10.0 Å². The quantitative estimate of drug-likeness (QED) is 0.205. The van der Waals surface area contributed by atoms with Crippen molar-refractivity contribution in [3.8, 4) is 5.75 Å². The molecule has 0 aliphatic carbocycles. The minimum atomic E-state index is -4.51. The normalized spacial score (nSPS) is 15.6. The van der Waals surface area contributed by atoms with Gasteiger partial charge >= 0.3 is 6.18 Å². The molecular weight excluding hydrogens is 467 g/mol. The van der Waals surface area contributed by atoms with E-state index < -0.39 is 17.6 Å². The summed E-state index contributed by atoms with van der Waals surface area (Å²) in [6.45, 7) is 2.62. The number of rotatable bonds is 6. The third kappa shape index (κ3) is 4.91. The topological polar surface area (TPSA) is 29.5 Å². The number of anilines is 1. The SMILES string of the molecule is CCCCOc1ccc2ccccc2c1/C=C1/SC(=S)N(c2cccc(C(F)(F)F)c2)C1=O. The number of carbonyl (C=O) groups is 1. The molecule has 1 amide bonds. The van der Waals surface area contributed by atoms with Gasteiger partial charge in [-0.05, 0) is 47.5 Å². The van der Waals surface area contributed by atoms with Crippen LogP contribution in [0.5, 0.6) is 5.75 Å². The Hall–Kier alpha value is -2.84. The maximum absolute atomic E-state index is 13.2. The Morgan fingerprint density at radius 2 is 1.88 bits per heavy atom. The first-order valence-electron chi connectivity index (χ1n) is 10.4. The summed E-state index contributed by atoms with van der Waals surface area (Å²) in [5.41, 5.74) is 0.000465. The zero-order valence-corrected chi connectivity index (χ0v) is 19.3. The lowest BCUT2D eigenvalue weighted by Gasteiger charge is -2.16. The van der Waals surface area contributed by atoms with Gasteiger partial charge in [-0.15, -0.1) is 0 Å². The van der Waals surface area contributed by atoms with Crippen LogP contribution in [-0.4, -0.2) is 16.8 Å². The van der Waals surface area contributed by atoms with E-state index in [1.807, 2.05) is 36.4 Å². The van der Waals surface area contributed by atoms with Gasteiger partial charge in [0.05, 0.1) is 22.8 Å². The number of benzene rings is 3. The number of unbranched alkanes of at least 4 members (excludes halogenated alkanes) is 1. The van der Waals surface area contributed by atoms with Gasteiger partial charge < -0.3 is 4.74 Å². The third-order valence-electron chi connectivity index (χ3n) is 5.19. The molecule has 0 aromatic heterocycles. The van der Waals surface area contributed by atoms with Crippen LogP contribution in [0, 0.1) is 0 Å². The maximum atomic E-state index is 13.2. The summed E-state index contributed by atoms with van der Waals surface area (Å²) < 4.78 is 45.7. The Balaban J connectivity index is 1.74. The average Bonchev–Trinajstić information content (AvgIpc) is 3.07. The van der Waals surface area contributed by atoms with Crippen LogP contribution in [0.3, 0.4) is 0 Å². The molecule has 33 heavy (non-hydrogen) atoms. The smallest absolute Gasteiger partial charge is 0.416 e. The molecule has 3 aromatic rings. The number of ether oxygens (including phenoxy) is 1. The van der Waals surface area contributed by atoms with Crippen molar-refractivity contribution in [2.75, 3.05) is 11.5 Å². The number of carbonyl (C=O) groups excluding carboxylic acids is 1. The van der Waals surface area contributed by atoms with E-state index in [4.69, 9.17) is 17.0 Å². The molecule has 0 unspecified atom stereocenters. The largest absolute Gasteiger partial charge is 0.493 e. The molecule has 1 saturated heterocycles. The highest BCUT2D eigenvalue weighted by Crippen LogP contribution is 2.40. The summed E-state index contributed by atoms with van der Waals surface area (Å²) in [4.78, 5) is 14.7. The number of fused-ring (bicyclic) bond motifs is 1. The lowest BCUT2D eigenvalue weighted by atomic mass is 10.0. The number of halogens is 3. The molecule has 4 rings (SSSR count). The van der Waals surface area contributed by atoms with Crippen molar-refractivity contribution in [1.82, 2.24) is 0 Å². The molecule has 0 atom stereocenters. The lowest BCUT2D eigenvalue weighted by molar-refractivity contribution is -0.137. The summed E-state index contributed by atoms with van der Waals surface area (Å²) in [6, 6.07) is 16.2. The molecule has 0 saturated carbocycles. The molecule has 0 spiro atoms. The molecule has 8 heteroatoms. The van der Waals surface area contributed by atoms with Gasteiger partial charge in [-0.25, -0.2) is 0 Å². The van der Waals surface area contributed by atoms with Crippen LogP contribution in [0.15, 0.2) is 65.6 Å². The van der Waals surface area contributed by atoms with E-state index in [1.165, 1.54) is 12.1 Å². The molecule has 3 nitrogen and oxygen atoms in total. The summed E-state index contributed by atoms with van der Waals surface area (Å²) in [7, 11) is 0. The van der Waals surface area contributed by atoms with Crippen molar-refractivity contribution in [3.63, 3.8) is 0 Å². The fraction of sp³-hybridized carbons (Fsp3) is 0.200. The van der Waals surface area contributed by atoms with E-state index in [9.17, 15) is 18.0 Å². The monoisotopic (exact) mass is 487 g/mol. The number of thioether (sulfide) groups is 1. The number of amides is 1. The van der Waals surface area contributed by atoms with E-state index in [1.54, 1.807) is 6.08 Å². The Bertz CT molecular complexity index is 1250. The average molecular weight is 488 g/mol. The zero-order chi connectivity index (χ0) is 23.6. The van der Waals surface area contributed by atoms with E-state index >= 15 is 0 Å². The lowest BCUT2D eigenvalue weighted by Crippen LogP contribution is -2.27. The minimum Gasteiger partial charge on any atom is -0.493 e. The van der Waals surface area contributed by atoms with Gasteiger partial charge in [0.25, 0.3) is 5.91 Å². The zero-order valence-electron chi connectivity index (χ0n) is 17.7. The first-order valence-corrected chi connectivity index (χ1v) is 11.6. The van der Waals surface area contributed by atoms with Crippen LogP contribution in [0.4, 0.5) is 18.9 Å². The van der Waals surface area contributed by atoms with Gasteiger partial charge in [0, 0.05) is 5.56 Å². The van der Waals surface area contributed by atoms with Crippen molar-refractivity contribution < 1.29 is 22.7 Å². The second-order valence-electron chi connectivity index (χ2n) is 7.47. The second kappa shape index (κ2) is 9.57. The summed E-state index contributed by atoms with van der Waals surface area (Å²) in [5, 5.41) is 1.90. The Morgan fingerprint density at radius 3 is 2.64 bits per heavy atom. The Kier molecular flexibility index (Phi) is 6.76. The Labute approximate surface area is 199 Å². The molecule has 1 aliphatic rings. The number of hydrogen-bond acceptors (Lipinski definition) is 4. The van der Waals surface area contributed by atoms with Crippen molar-refractivity contribution in [3.05, 3.63) is 76.7 Å². The molecule has 1 heterocycles. The number of alkyl halides is 3. The first kappa shape index (κ1) is 23.3. The van der Waals surface area contributed by atoms with Crippen LogP contribution in [-0.2, 0) is 11.0 Å². The molecule has 0 bridgehead atoms. The van der Waals surface area contributed by atoms with Gasteiger partial charge in [0.2, 0.25) is 0 Å². The maximum Gasteiger partial charge on any atom is 0.416 e. The highest BCUT2D eigenvalue weighted by Gasteiger charge is 2.36. The van der Waals surface area contributed by atoms with Crippen molar-refractivity contribution in [2.24, 2.45) is 0 Å². The van der Waals surface area contributed by atoms with E-state index in [0.29, 0.717) is 17.3 Å². The predicted molar refractivity (Wildman–Crippen MR) is 131 cm³/mol. The predicted octanol–water partition coefficient (Wildman–Crippen LogP) is 7.44. The van der Waals surface area contributed by atoms with Crippen LogP contribution >= 0.6 is 24.0 Å². The van der Waals surface area contributed by atoms with Gasteiger partial charge in [-0.2, -0.15) is 13.2 Å². The highest BCUT2D eigenvalue weighted by atomic mass is 32.2. The number of thiocarbonyl (C=S) groups is 1. The van der Waals surface area contributed by atoms with Gasteiger partial charge in [-0.1, -0.05) is 73.7 Å². The van der Waals surface area contributed by atoms with Gasteiger partial charge in [0.15, 0.2) is 4.32 Å². The van der Waals surface area contributed by atoms with E-state index in [0.717, 1.165) is 58.0 Å². The van der Waals surface area contributed by atoms with Crippen LogP contribution in [0.25, 0.3) is 16.8 Å². The number of hydrogen-bond donors (Lipinski definition) is 0. The second-order valence-corrected chi connectivity index (χ2v) is 9.14. The number of nitrogens with zero attached hydrogens (tertiary/aromatic N) is 1. The van der Waals surface area contributed by atoms with Crippen molar-refractivity contribution in [1.29, 1.82) is 0 Å². The van der Waals surface area contributed by atoms with Crippen molar-refractivity contribution in [2.45, 2.75) is 25.9 Å². The molecule has 1 aliphatic heterocycles. The highest BCUT2D eigenvalue weighted by molar-refractivity contribution is 8.27. The molecule has 0 N–H and O–H groups in total. The van der Waals surface area contributed by atoms with E-state index in [2.05, 4.69) is 6.92 Å². The molecule has 1 fully saturated rings. The summed E-state index contributed by atoms with van der Waals surface area (Å²) in [6.07, 6.45) is -0.918. The first-order chi connectivity index (χ1) is 15.8. The summed E-state index contributed by atoms with van der Waals surface area (Å²) >= 11 is 6.42. The van der Waals surface area contributed by atoms with Gasteiger partial charge in [-0.3, -0.25) is 9.69 Å². The standard InChI is InChI=1S/C25H20F3NO2S2/c1-2-3-13-31-21-12-11-16-7-4-5-10-19(16)20(21)15-22-23(30)29(24(32)33-22)18-9-6-8-17(14-18)25(26,27)28/h4-12,14-15H,2-3,13H2,1H3/b22-15+. The fourth-order valence-electron chi connectivity index (χ4n) is 3.52. The van der Waals surface area contributed by atoms with Gasteiger partial charge in [0.1, 0.15) is 5.75 Å². The van der Waals surface area contributed by atoms with Crippen LogP contribution < -0.4 is 9.64 Å². The Morgan fingerprint density at radius 1 is 1.09 bits per heavy atom.